The number of hydrogen-bond acceptors (Lipinski definition) is 1. The summed E-state index contributed by atoms with van der Waals surface area (Å²) in [5, 5.41) is 0. The van der Waals surface area contributed by atoms with Crippen molar-refractivity contribution in [3.8, 4) is 0 Å². The van der Waals surface area contributed by atoms with Gasteiger partial charge >= 0.3 is 0 Å². The second-order valence-corrected chi connectivity index (χ2v) is 4.35. The molecule has 0 saturated heterocycles. The second kappa shape index (κ2) is 5.65. The summed E-state index contributed by atoms with van der Waals surface area (Å²) in [6.07, 6.45) is 1.94. The Hall–Kier alpha value is -1.60. The lowest BCUT2D eigenvalue weighted by molar-refractivity contribution is 0.712. The molecule has 0 fully saturated rings. The molecule has 0 aliphatic rings. The maximum absolute atomic E-state index is 6.30. The Kier molecular flexibility index (Phi) is 3.94. The smallest absolute Gasteiger partial charge is 0.0338 e. The monoisotopic (exact) mass is 225 g/mol. The maximum Gasteiger partial charge on any atom is 0.0338 e. The second-order valence-electron chi connectivity index (χ2n) is 4.35. The highest BCUT2D eigenvalue weighted by Crippen LogP contribution is 2.20. The summed E-state index contributed by atoms with van der Waals surface area (Å²) in [6.45, 7) is 2.17. The minimum absolute atomic E-state index is 0.0912. The topological polar surface area (TPSA) is 26.0 Å². The molecule has 17 heavy (non-hydrogen) atoms. The zero-order valence-corrected chi connectivity index (χ0v) is 10.3. The average Bonchev–Trinajstić information content (AvgIpc) is 2.40. The lowest BCUT2D eigenvalue weighted by Crippen LogP contribution is -2.15. The van der Waals surface area contributed by atoms with Gasteiger partial charge < -0.3 is 5.73 Å². The molecule has 0 bridgehead atoms. The van der Waals surface area contributed by atoms with Gasteiger partial charge in [-0.2, -0.15) is 0 Å². The van der Waals surface area contributed by atoms with Crippen LogP contribution in [-0.2, 0) is 12.8 Å². The van der Waals surface area contributed by atoms with E-state index in [1.807, 2.05) is 6.07 Å². The Labute approximate surface area is 103 Å². The van der Waals surface area contributed by atoms with Crippen molar-refractivity contribution in [2.75, 3.05) is 0 Å². The highest BCUT2D eigenvalue weighted by molar-refractivity contribution is 5.31. The standard InChI is InChI=1S/C16H19N/c1-2-14-10-6-7-11-15(14)16(17)12-13-8-4-3-5-9-13/h3-11,16H,2,12,17H2,1H3. The van der Waals surface area contributed by atoms with E-state index in [1.165, 1.54) is 16.7 Å². The highest BCUT2D eigenvalue weighted by Gasteiger charge is 2.09. The molecule has 1 heteroatoms. The van der Waals surface area contributed by atoms with Gasteiger partial charge in [-0.25, -0.2) is 0 Å². The molecule has 2 N–H and O–H groups in total. The van der Waals surface area contributed by atoms with Crippen LogP contribution in [0.1, 0.15) is 29.7 Å². The van der Waals surface area contributed by atoms with Gasteiger partial charge in [-0.1, -0.05) is 61.5 Å². The molecule has 0 spiro atoms. The van der Waals surface area contributed by atoms with Gasteiger partial charge in [0.05, 0.1) is 0 Å². The Morgan fingerprint density at radius 3 is 2.29 bits per heavy atom. The fourth-order valence-corrected chi connectivity index (χ4v) is 2.20. The fraction of sp³-hybridized carbons (Fsp3) is 0.250. The predicted octanol–water partition coefficient (Wildman–Crippen LogP) is 3.49. The number of aryl methyl sites for hydroxylation is 1. The molecule has 2 aromatic carbocycles. The van der Waals surface area contributed by atoms with E-state index in [0.717, 1.165) is 12.8 Å². The van der Waals surface area contributed by atoms with Crippen LogP contribution in [0.15, 0.2) is 54.6 Å². The van der Waals surface area contributed by atoms with Crippen molar-refractivity contribution < 1.29 is 0 Å². The number of nitrogens with two attached hydrogens (primary N) is 1. The Bertz CT molecular complexity index is 462. The van der Waals surface area contributed by atoms with Crippen molar-refractivity contribution in [3.63, 3.8) is 0 Å². The van der Waals surface area contributed by atoms with Crippen LogP contribution in [0.25, 0.3) is 0 Å². The van der Waals surface area contributed by atoms with Gasteiger partial charge in [-0.15, -0.1) is 0 Å². The van der Waals surface area contributed by atoms with Gasteiger partial charge in [0.1, 0.15) is 0 Å². The van der Waals surface area contributed by atoms with Crippen molar-refractivity contribution in [2.45, 2.75) is 25.8 Å². The first-order chi connectivity index (χ1) is 8.31. The van der Waals surface area contributed by atoms with E-state index in [2.05, 4.69) is 55.5 Å². The lowest BCUT2D eigenvalue weighted by atomic mass is 9.94. The van der Waals surface area contributed by atoms with Gasteiger partial charge in [-0.3, -0.25) is 0 Å². The van der Waals surface area contributed by atoms with Crippen molar-refractivity contribution in [1.29, 1.82) is 0 Å². The summed E-state index contributed by atoms with van der Waals surface area (Å²) < 4.78 is 0. The third-order valence-electron chi connectivity index (χ3n) is 3.13. The van der Waals surface area contributed by atoms with E-state index >= 15 is 0 Å². The van der Waals surface area contributed by atoms with E-state index in [-0.39, 0.29) is 6.04 Å². The largest absolute Gasteiger partial charge is 0.324 e. The number of rotatable bonds is 4. The minimum atomic E-state index is 0.0912. The average molecular weight is 225 g/mol. The summed E-state index contributed by atoms with van der Waals surface area (Å²) in [6, 6.07) is 19.0. The lowest BCUT2D eigenvalue weighted by Gasteiger charge is -2.15. The summed E-state index contributed by atoms with van der Waals surface area (Å²) in [4.78, 5) is 0. The van der Waals surface area contributed by atoms with Crippen LogP contribution in [-0.4, -0.2) is 0 Å². The van der Waals surface area contributed by atoms with Crippen molar-refractivity contribution in [3.05, 3.63) is 71.3 Å². The Morgan fingerprint density at radius 2 is 1.59 bits per heavy atom. The van der Waals surface area contributed by atoms with Crippen LogP contribution in [0.4, 0.5) is 0 Å². The summed E-state index contributed by atoms with van der Waals surface area (Å²) in [7, 11) is 0. The quantitative estimate of drug-likeness (QED) is 0.847. The van der Waals surface area contributed by atoms with E-state index in [0.29, 0.717) is 0 Å². The first-order valence-corrected chi connectivity index (χ1v) is 6.18. The van der Waals surface area contributed by atoms with Gasteiger partial charge in [-0.05, 0) is 29.5 Å². The molecule has 1 atom stereocenters. The summed E-state index contributed by atoms with van der Waals surface area (Å²) >= 11 is 0. The molecule has 0 saturated carbocycles. The summed E-state index contributed by atoms with van der Waals surface area (Å²) in [5.74, 6) is 0. The van der Waals surface area contributed by atoms with Gasteiger partial charge in [0.25, 0.3) is 0 Å². The first-order valence-electron chi connectivity index (χ1n) is 6.18. The highest BCUT2D eigenvalue weighted by atomic mass is 14.6. The minimum Gasteiger partial charge on any atom is -0.324 e. The van der Waals surface area contributed by atoms with Crippen LogP contribution in [0, 0.1) is 0 Å². The molecule has 0 heterocycles. The molecule has 1 nitrogen and oxygen atoms in total. The molecule has 2 rings (SSSR count). The predicted molar refractivity (Wildman–Crippen MR) is 72.9 cm³/mol. The molecule has 0 radical (unpaired) electrons. The van der Waals surface area contributed by atoms with Crippen molar-refractivity contribution in [2.24, 2.45) is 5.73 Å². The zero-order valence-electron chi connectivity index (χ0n) is 10.3. The van der Waals surface area contributed by atoms with Crippen LogP contribution in [0.2, 0.25) is 0 Å². The normalized spacial score (nSPS) is 12.4. The maximum atomic E-state index is 6.30. The van der Waals surface area contributed by atoms with E-state index in [4.69, 9.17) is 5.73 Å². The molecule has 1 unspecified atom stereocenters. The third kappa shape index (κ3) is 2.95. The van der Waals surface area contributed by atoms with Crippen LogP contribution >= 0.6 is 0 Å². The number of benzene rings is 2. The first kappa shape index (κ1) is 11.9. The summed E-state index contributed by atoms with van der Waals surface area (Å²) in [5.41, 5.74) is 10.2. The third-order valence-corrected chi connectivity index (χ3v) is 3.13. The molecule has 0 aliphatic heterocycles. The molecule has 88 valence electrons. The molecule has 2 aromatic rings. The SMILES string of the molecule is CCc1ccccc1C(N)Cc1ccccc1. The van der Waals surface area contributed by atoms with Gasteiger partial charge in [0, 0.05) is 6.04 Å². The van der Waals surface area contributed by atoms with E-state index < -0.39 is 0 Å². The Balaban J connectivity index is 2.17. The molecular weight excluding hydrogens is 206 g/mol. The Morgan fingerprint density at radius 1 is 0.941 bits per heavy atom. The van der Waals surface area contributed by atoms with Crippen LogP contribution in [0.5, 0.6) is 0 Å². The molecule has 0 aliphatic carbocycles. The molecule has 0 amide bonds. The molecular formula is C16H19N. The van der Waals surface area contributed by atoms with Crippen LogP contribution in [0.3, 0.4) is 0 Å². The van der Waals surface area contributed by atoms with Crippen LogP contribution < -0.4 is 5.73 Å². The van der Waals surface area contributed by atoms with E-state index in [1.54, 1.807) is 0 Å². The van der Waals surface area contributed by atoms with Crippen molar-refractivity contribution in [1.82, 2.24) is 0 Å². The van der Waals surface area contributed by atoms with Crippen molar-refractivity contribution >= 4 is 0 Å². The number of hydrogen-bond donors (Lipinski definition) is 1. The fourth-order valence-electron chi connectivity index (χ4n) is 2.20. The zero-order chi connectivity index (χ0) is 12.1. The van der Waals surface area contributed by atoms with E-state index in [9.17, 15) is 0 Å². The molecule has 0 aromatic heterocycles. The van der Waals surface area contributed by atoms with Gasteiger partial charge in [0.15, 0.2) is 0 Å². The van der Waals surface area contributed by atoms with Gasteiger partial charge in [0.2, 0.25) is 0 Å².